The smallest absolute Gasteiger partial charge is 0.313 e. The lowest BCUT2D eigenvalue weighted by Crippen LogP contribution is -2.41. The molecule has 0 saturated heterocycles. The van der Waals surface area contributed by atoms with E-state index in [2.05, 4.69) is 5.32 Å². The average molecular weight is 325 g/mol. The molecule has 0 aromatic heterocycles. The van der Waals surface area contributed by atoms with Gasteiger partial charge in [-0.3, -0.25) is 9.59 Å². The van der Waals surface area contributed by atoms with Crippen molar-refractivity contribution in [2.45, 2.75) is 32.3 Å². The van der Waals surface area contributed by atoms with E-state index in [9.17, 15) is 14.7 Å². The van der Waals surface area contributed by atoms with Crippen LogP contribution in [-0.4, -0.2) is 41.5 Å². The van der Waals surface area contributed by atoms with Crippen molar-refractivity contribution >= 4 is 29.1 Å². The number of amides is 2. The van der Waals surface area contributed by atoms with Crippen LogP contribution >= 0.6 is 11.6 Å². The van der Waals surface area contributed by atoms with Crippen LogP contribution in [0.5, 0.6) is 0 Å². The molecule has 1 aliphatic rings. The first kappa shape index (κ1) is 16.8. The van der Waals surface area contributed by atoms with Crippen LogP contribution in [0.3, 0.4) is 0 Å². The molecular weight excluding hydrogens is 304 g/mol. The molecule has 1 saturated carbocycles. The number of halogens is 1. The summed E-state index contributed by atoms with van der Waals surface area (Å²) in [5.41, 5.74) is 1.39. The van der Waals surface area contributed by atoms with Crippen LogP contribution in [0.25, 0.3) is 0 Å². The first-order chi connectivity index (χ1) is 10.4. The van der Waals surface area contributed by atoms with Crippen molar-refractivity contribution in [1.29, 1.82) is 0 Å². The number of benzene rings is 1. The lowest BCUT2D eigenvalue weighted by atomic mass is 10.1. The first-order valence-electron chi connectivity index (χ1n) is 7.39. The van der Waals surface area contributed by atoms with Gasteiger partial charge in [-0.1, -0.05) is 24.1 Å². The molecule has 22 heavy (non-hydrogen) atoms. The second-order valence-corrected chi connectivity index (χ2v) is 6.29. The molecule has 2 rings (SSSR count). The fourth-order valence-corrected chi connectivity index (χ4v) is 3.02. The van der Waals surface area contributed by atoms with E-state index in [-0.39, 0.29) is 12.0 Å². The number of aliphatic hydroxyl groups is 1. The summed E-state index contributed by atoms with van der Waals surface area (Å²) in [7, 11) is 1.57. The molecule has 0 spiro atoms. The minimum atomic E-state index is -0.722. The predicted molar refractivity (Wildman–Crippen MR) is 85.8 cm³/mol. The quantitative estimate of drug-likeness (QED) is 0.837. The molecule has 2 atom stereocenters. The molecule has 2 N–H and O–H groups in total. The number of aryl methyl sites for hydroxylation is 1. The van der Waals surface area contributed by atoms with E-state index < -0.39 is 11.8 Å². The van der Waals surface area contributed by atoms with Gasteiger partial charge in [-0.05, 0) is 37.5 Å². The topological polar surface area (TPSA) is 69.6 Å². The van der Waals surface area contributed by atoms with Crippen molar-refractivity contribution in [2.24, 2.45) is 5.92 Å². The molecular formula is C16H21ClN2O3. The molecule has 0 heterocycles. The fraction of sp³-hybridized carbons (Fsp3) is 0.500. The number of carbonyl (C=O) groups excluding carboxylic acids is 2. The Morgan fingerprint density at radius 1 is 1.41 bits per heavy atom. The number of anilines is 1. The third-order valence-electron chi connectivity index (χ3n) is 4.04. The standard InChI is InChI=1S/C16H21ClN2O3/c1-10-6-7-13(12(17)8-10)18-15(21)16(22)19(2)9-11-4-3-5-14(11)20/h6-8,11,14,20H,3-5,9H2,1-2H3,(H,18,21). The second-order valence-electron chi connectivity index (χ2n) is 5.88. The number of likely N-dealkylation sites (N-methyl/N-ethyl adjacent to an activating group) is 1. The van der Waals surface area contributed by atoms with Crippen molar-refractivity contribution in [2.75, 3.05) is 18.9 Å². The maximum absolute atomic E-state index is 12.1. The van der Waals surface area contributed by atoms with Gasteiger partial charge in [-0.25, -0.2) is 0 Å². The van der Waals surface area contributed by atoms with Gasteiger partial charge in [0, 0.05) is 19.5 Å². The maximum atomic E-state index is 12.1. The van der Waals surface area contributed by atoms with Crippen molar-refractivity contribution in [3.63, 3.8) is 0 Å². The zero-order valence-corrected chi connectivity index (χ0v) is 13.6. The Balaban J connectivity index is 1.95. The van der Waals surface area contributed by atoms with E-state index in [0.717, 1.165) is 24.8 Å². The zero-order chi connectivity index (χ0) is 16.3. The highest BCUT2D eigenvalue weighted by Crippen LogP contribution is 2.26. The predicted octanol–water partition coefficient (Wildman–Crippen LogP) is 2.21. The number of hydrogen-bond acceptors (Lipinski definition) is 3. The summed E-state index contributed by atoms with van der Waals surface area (Å²) in [6.07, 6.45) is 2.21. The molecule has 0 bridgehead atoms. The van der Waals surface area contributed by atoms with Gasteiger partial charge in [-0.2, -0.15) is 0 Å². The molecule has 1 aliphatic carbocycles. The Morgan fingerprint density at radius 3 is 2.73 bits per heavy atom. The van der Waals surface area contributed by atoms with Crippen LogP contribution in [0.1, 0.15) is 24.8 Å². The second kappa shape index (κ2) is 7.11. The minimum Gasteiger partial charge on any atom is -0.393 e. The van der Waals surface area contributed by atoms with E-state index >= 15 is 0 Å². The van der Waals surface area contributed by atoms with Crippen molar-refractivity contribution in [3.05, 3.63) is 28.8 Å². The molecule has 0 aliphatic heterocycles. The summed E-state index contributed by atoms with van der Waals surface area (Å²) in [5.74, 6) is -1.30. The molecule has 2 unspecified atom stereocenters. The van der Waals surface area contributed by atoms with Crippen molar-refractivity contribution in [1.82, 2.24) is 4.90 Å². The Bertz CT molecular complexity index is 577. The minimum absolute atomic E-state index is 0.0460. The van der Waals surface area contributed by atoms with Gasteiger partial charge in [0.1, 0.15) is 0 Å². The largest absolute Gasteiger partial charge is 0.393 e. The third-order valence-corrected chi connectivity index (χ3v) is 4.35. The SMILES string of the molecule is Cc1ccc(NC(=O)C(=O)N(C)CC2CCCC2O)c(Cl)c1. The third kappa shape index (κ3) is 3.99. The fourth-order valence-electron chi connectivity index (χ4n) is 2.74. The van der Waals surface area contributed by atoms with Crippen LogP contribution in [0.15, 0.2) is 18.2 Å². The molecule has 5 nitrogen and oxygen atoms in total. The van der Waals surface area contributed by atoms with Gasteiger partial charge in [-0.15, -0.1) is 0 Å². The Morgan fingerprint density at radius 2 is 2.14 bits per heavy atom. The van der Waals surface area contributed by atoms with E-state index in [1.807, 2.05) is 13.0 Å². The average Bonchev–Trinajstić information content (AvgIpc) is 2.86. The Kier molecular flexibility index (Phi) is 5.42. The van der Waals surface area contributed by atoms with Gasteiger partial charge in [0.25, 0.3) is 0 Å². The van der Waals surface area contributed by atoms with E-state index in [0.29, 0.717) is 17.3 Å². The van der Waals surface area contributed by atoms with Crippen LogP contribution in [-0.2, 0) is 9.59 Å². The number of aliphatic hydroxyl groups excluding tert-OH is 1. The molecule has 0 radical (unpaired) electrons. The lowest BCUT2D eigenvalue weighted by molar-refractivity contribution is -0.142. The van der Waals surface area contributed by atoms with Gasteiger partial charge in [0.05, 0.1) is 16.8 Å². The van der Waals surface area contributed by atoms with Gasteiger partial charge in [0.15, 0.2) is 0 Å². The highest BCUT2D eigenvalue weighted by molar-refractivity contribution is 6.41. The number of nitrogens with zero attached hydrogens (tertiary/aromatic N) is 1. The van der Waals surface area contributed by atoms with E-state index in [1.165, 1.54) is 4.90 Å². The van der Waals surface area contributed by atoms with Gasteiger partial charge >= 0.3 is 11.8 Å². The summed E-state index contributed by atoms with van der Waals surface area (Å²) >= 11 is 6.04. The maximum Gasteiger partial charge on any atom is 0.313 e. The summed E-state index contributed by atoms with van der Waals surface area (Å²) in [6.45, 7) is 2.28. The molecule has 2 amide bonds. The lowest BCUT2D eigenvalue weighted by Gasteiger charge is -2.22. The Hall–Kier alpha value is -1.59. The van der Waals surface area contributed by atoms with E-state index in [4.69, 9.17) is 11.6 Å². The number of rotatable bonds is 3. The normalized spacial score (nSPS) is 20.7. The Labute approximate surface area is 135 Å². The summed E-state index contributed by atoms with van der Waals surface area (Å²) in [6, 6.07) is 5.20. The van der Waals surface area contributed by atoms with Gasteiger partial charge in [0.2, 0.25) is 0 Å². The highest BCUT2D eigenvalue weighted by Gasteiger charge is 2.29. The van der Waals surface area contributed by atoms with E-state index in [1.54, 1.807) is 19.2 Å². The molecule has 120 valence electrons. The molecule has 1 fully saturated rings. The number of hydrogen-bond donors (Lipinski definition) is 2. The molecule has 1 aromatic rings. The van der Waals surface area contributed by atoms with Gasteiger partial charge < -0.3 is 15.3 Å². The van der Waals surface area contributed by atoms with Crippen LogP contribution in [0.2, 0.25) is 5.02 Å². The van der Waals surface area contributed by atoms with Crippen molar-refractivity contribution in [3.8, 4) is 0 Å². The van der Waals surface area contributed by atoms with Crippen LogP contribution < -0.4 is 5.32 Å². The summed E-state index contributed by atoms with van der Waals surface area (Å²) in [5, 5.41) is 12.7. The zero-order valence-electron chi connectivity index (χ0n) is 12.8. The monoisotopic (exact) mass is 324 g/mol. The number of nitrogens with one attached hydrogen (secondary N) is 1. The molecule has 6 heteroatoms. The van der Waals surface area contributed by atoms with Crippen LogP contribution in [0.4, 0.5) is 5.69 Å². The number of carbonyl (C=O) groups is 2. The highest BCUT2D eigenvalue weighted by atomic mass is 35.5. The first-order valence-corrected chi connectivity index (χ1v) is 7.77. The summed E-state index contributed by atoms with van der Waals surface area (Å²) < 4.78 is 0. The van der Waals surface area contributed by atoms with Crippen LogP contribution in [0, 0.1) is 12.8 Å². The molecule has 1 aromatic carbocycles. The summed E-state index contributed by atoms with van der Waals surface area (Å²) in [4.78, 5) is 25.5. The van der Waals surface area contributed by atoms with Crippen molar-refractivity contribution < 1.29 is 14.7 Å².